The van der Waals surface area contributed by atoms with Gasteiger partial charge in [0.05, 0.1) is 12.1 Å². The van der Waals surface area contributed by atoms with E-state index >= 15 is 0 Å². The summed E-state index contributed by atoms with van der Waals surface area (Å²) in [6.07, 6.45) is 0. The fraction of sp³-hybridized carbons (Fsp3) is 0.154. The fourth-order valence-electron chi connectivity index (χ4n) is 1.51. The van der Waals surface area contributed by atoms with Gasteiger partial charge in [0.15, 0.2) is 0 Å². The summed E-state index contributed by atoms with van der Waals surface area (Å²) < 4.78 is 7.02. The van der Waals surface area contributed by atoms with Crippen molar-refractivity contribution in [3.63, 3.8) is 0 Å². The third kappa shape index (κ3) is 3.23. The molecule has 0 saturated heterocycles. The smallest absolute Gasteiger partial charge is 0.252 e. The summed E-state index contributed by atoms with van der Waals surface area (Å²) >= 11 is 6.70. The lowest BCUT2D eigenvalue weighted by atomic mass is 10.2. The minimum Gasteiger partial charge on any atom is -0.465 e. The quantitative estimate of drug-likeness (QED) is 0.883. The van der Waals surface area contributed by atoms with Crippen LogP contribution in [0.3, 0.4) is 0 Å². The van der Waals surface area contributed by atoms with Crippen LogP contribution in [-0.2, 0) is 6.54 Å². The van der Waals surface area contributed by atoms with Gasteiger partial charge in [-0.3, -0.25) is 4.79 Å². The molecule has 0 spiro atoms. The van der Waals surface area contributed by atoms with Gasteiger partial charge in [-0.15, -0.1) is 0 Å². The number of aryl methyl sites for hydroxylation is 1. The highest BCUT2D eigenvalue weighted by Crippen LogP contribution is 2.21. The standard InChI is InChI=1S/C13H11Br2NO2/c1-8-2-4-10(18-8)7-16-13(17)11-6-9(14)3-5-12(11)15/h2-6H,7H2,1H3,(H,16,17). The molecule has 18 heavy (non-hydrogen) atoms. The third-order valence-electron chi connectivity index (χ3n) is 2.39. The first-order valence-corrected chi connectivity index (χ1v) is 6.93. The molecule has 0 bridgehead atoms. The maximum atomic E-state index is 12.0. The van der Waals surface area contributed by atoms with Crippen molar-refractivity contribution in [1.29, 1.82) is 0 Å². The summed E-state index contributed by atoms with van der Waals surface area (Å²) in [7, 11) is 0. The zero-order valence-electron chi connectivity index (χ0n) is 9.67. The molecule has 1 aromatic heterocycles. The topological polar surface area (TPSA) is 42.2 Å². The number of halogens is 2. The summed E-state index contributed by atoms with van der Waals surface area (Å²) in [5, 5.41) is 2.81. The highest BCUT2D eigenvalue weighted by molar-refractivity contribution is 9.11. The minimum absolute atomic E-state index is 0.141. The average molecular weight is 373 g/mol. The van der Waals surface area contributed by atoms with E-state index in [1.165, 1.54) is 0 Å². The molecule has 2 aromatic rings. The van der Waals surface area contributed by atoms with Crippen LogP contribution in [0, 0.1) is 6.92 Å². The predicted octanol–water partition coefficient (Wildman–Crippen LogP) is 4.04. The van der Waals surface area contributed by atoms with Crippen molar-refractivity contribution in [1.82, 2.24) is 5.32 Å². The van der Waals surface area contributed by atoms with Crippen molar-refractivity contribution in [2.24, 2.45) is 0 Å². The van der Waals surface area contributed by atoms with Gasteiger partial charge in [-0.2, -0.15) is 0 Å². The molecule has 0 fully saturated rings. The molecule has 2 rings (SSSR count). The zero-order chi connectivity index (χ0) is 13.1. The van der Waals surface area contributed by atoms with Crippen LogP contribution in [0.25, 0.3) is 0 Å². The van der Waals surface area contributed by atoms with E-state index in [2.05, 4.69) is 37.2 Å². The van der Waals surface area contributed by atoms with Crippen molar-refractivity contribution in [2.75, 3.05) is 0 Å². The summed E-state index contributed by atoms with van der Waals surface area (Å²) in [5.41, 5.74) is 0.590. The van der Waals surface area contributed by atoms with E-state index in [0.717, 1.165) is 20.5 Å². The molecule has 94 valence electrons. The lowest BCUT2D eigenvalue weighted by molar-refractivity contribution is 0.0947. The molecule has 0 radical (unpaired) electrons. The van der Waals surface area contributed by atoms with Crippen molar-refractivity contribution >= 4 is 37.8 Å². The molecular formula is C13H11Br2NO2. The van der Waals surface area contributed by atoms with Gasteiger partial charge in [0.25, 0.3) is 5.91 Å². The molecule has 5 heteroatoms. The number of carbonyl (C=O) groups excluding carboxylic acids is 1. The first-order chi connectivity index (χ1) is 8.56. The largest absolute Gasteiger partial charge is 0.465 e. The maximum Gasteiger partial charge on any atom is 0.252 e. The van der Waals surface area contributed by atoms with Gasteiger partial charge in [-0.25, -0.2) is 0 Å². The Kier molecular flexibility index (Phi) is 4.24. The van der Waals surface area contributed by atoms with Crippen LogP contribution in [0.5, 0.6) is 0 Å². The highest BCUT2D eigenvalue weighted by Gasteiger charge is 2.10. The van der Waals surface area contributed by atoms with Gasteiger partial charge in [0, 0.05) is 8.95 Å². The minimum atomic E-state index is -0.141. The van der Waals surface area contributed by atoms with Crippen LogP contribution in [0.2, 0.25) is 0 Å². The predicted molar refractivity (Wildman–Crippen MR) is 76.5 cm³/mol. The number of rotatable bonds is 3. The Morgan fingerprint density at radius 2 is 2.06 bits per heavy atom. The number of furan rings is 1. The summed E-state index contributed by atoms with van der Waals surface area (Å²) in [6, 6.07) is 9.20. The van der Waals surface area contributed by atoms with Crippen molar-refractivity contribution in [3.8, 4) is 0 Å². The summed E-state index contributed by atoms with van der Waals surface area (Å²) in [5.74, 6) is 1.44. The third-order valence-corrected chi connectivity index (χ3v) is 3.58. The Hall–Kier alpha value is -1.07. The van der Waals surface area contributed by atoms with Crippen LogP contribution in [0.1, 0.15) is 21.9 Å². The number of benzene rings is 1. The molecular weight excluding hydrogens is 362 g/mol. The number of hydrogen-bond donors (Lipinski definition) is 1. The second-order valence-corrected chi connectivity index (χ2v) is 5.59. The molecule has 0 unspecified atom stereocenters. The SMILES string of the molecule is Cc1ccc(CNC(=O)c2cc(Br)ccc2Br)o1. The first-order valence-electron chi connectivity index (χ1n) is 5.35. The van der Waals surface area contributed by atoms with E-state index in [-0.39, 0.29) is 5.91 Å². The molecule has 0 aliphatic rings. The van der Waals surface area contributed by atoms with Crippen molar-refractivity contribution < 1.29 is 9.21 Å². The van der Waals surface area contributed by atoms with Crippen LogP contribution in [0.15, 0.2) is 43.7 Å². The molecule has 0 saturated carbocycles. The van der Waals surface area contributed by atoms with Gasteiger partial charge < -0.3 is 9.73 Å². The van der Waals surface area contributed by atoms with Gasteiger partial charge in [-0.1, -0.05) is 15.9 Å². The highest BCUT2D eigenvalue weighted by atomic mass is 79.9. The first kappa shape index (κ1) is 13.4. The molecule has 1 N–H and O–H groups in total. The normalized spacial score (nSPS) is 10.4. The van der Waals surface area contributed by atoms with Crippen molar-refractivity contribution in [3.05, 3.63) is 56.4 Å². The van der Waals surface area contributed by atoms with E-state index in [9.17, 15) is 4.79 Å². The number of carbonyl (C=O) groups is 1. The number of amides is 1. The van der Waals surface area contributed by atoms with Gasteiger partial charge in [0.1, 0.15) is 11.5 Å². The van der Waals surface area contributed by atoms with E-state index in [1.54, 1.807) is 6.07 Å². The van der Waals surface area contributed by atoms with E-state index < -0.39 is 0 Å². The molecule has 0 aliphatic heterocycles. The van der Waals surface area contributed by atoms with Gasteiger partial charge in [-0.05, 0) is 53.2 Å². The Morgan fingerprint density at radius 3 is 2.72 bits per heavy atom. The van der Waals surface area contributed by atoms with Crippen LogP contribution < -0.4 is 5.32 Å². The molecule has 3 nitrogen and oxygen atoms in total. The maximum absolute atomic E-state index is 12.0. The number of nitrogens with one attached hydrogen (secondary N) is 1. The molecule has 1 amide bonds. The molecule has 0 aliphatic carbocycles. The van der Waals surface area contributed by atoms with Crippen LogP contribution in [0.4, 0.5) is 0 Å². The van der Waals surface area contributed by atoms with Crippen LogP contribution >= 0.6 is 31.9 Å². The number of hydrogen-bond acceptors (Lipinski definition) is 2. The van der Waals surface area contributed by atoms with Gasteiger partial charge in [0.2, 0.25) is 0 Å². The Labute approximate surface area is 122 Å². The lowest BCUT2D eigenvalue weighted by Gasteiger charge is -2.06. The lowest BCUT2D eigenvalue weighted by Crippen LogP contribution is -2.22. The van der Waals surface area contributed by atoms with E-state index in [1.807, 2.05) is 31.2 Å². The second kappa shape index (κ2) is 5.71. The van der Waals surface area contributed by atoms with E-state index in [4.69, 9.17) is 4.42 Å². The van der Waals surface area contributed by atoms with E-state index in [0.29, 0.717) is 12.1 Å². The van der Waals surface area contributed by atoms with Gasteiger partial charge >= 0.3 is 0 Å². The molecule has 1 heterocycles. The fourth-order valence-corrected chi connectivity index (χ4v) is 2.30. The molecule has 0 atom stereocenters. The van der Waals surface area contributed by atoms with Crippen molar-refractivity contribution in [2.45, 2.75) is 13.5 Å². The second-order valence-electron chi connectivity index (χ2n) is 3.82. The van der Waals surface area contributed by atoms with Crippen LogP contribution in [-0.4, -0.2) is 5.91 Å². The Balaban J connectivity index is 2.05. The monoisotopic (exact) mass is 371 g/mol. The Bertz CT molecular complexity index is 578. The summed E-state index contributed by atoms with van der Waals surface area (Å²) in [6.45, 7) is 2.25. The Morgan fingerprint density at radius 1 is 1.28 bits per heavy atom. The average Bonchev–Trinajstić information content (AvgIpc) is 2.75. The zero-order valence-corrected chi connectivity index (χ0v) is 12.8. The molecule has 1 aromatic carbocycles. The summed E-state index contributed by atoms with van der Waals surface area (Å²) in [4.78, 5) is 12.0.